The number of fused-ring (bicyclic) bond motifs is 1. The molecule has 0 fully saturated rings. The molecular formula is C25H28F3NO4. The Morgan fingerprint density at radius 1 is 0.939 bits per heavy atom. The lowest BCUT2D eigenvalue weighted by Crippen LogP contribution is -2.24. The number of nitrogens with zero attached hydrogens (tertiary/aromatic N) is 1. The van der Waals surface area contributed by atoms with E-state index in [9.17, 15) is 13.2 Å². The second-order valence-electron chi connectivity index (χ2n) is 7.67. The fraction of sp³-hybridized carbons (Fsp3) is 0.360. The lowest BCUT2D eigenvalue weighted by Gasteiger charge is -2.19. The number of carbonyl (C=O) groups is 2. The molecule has 178 valence electrons. The predicted molar refractivity (Wildman–Crippen MR) is 120 cm³/mol. The highest BCUT2D eigenvalue weighted by Gasteiger charge is 2.30. The summed E-state index contributed by atoms with van der Waals surface area (Å²) in [6.07, 6.45) is -1.70. The third-order valence-corrected chi connectivity index (χ3v) is 5.63. The highest BCUT2D eigenvalue weighted by atomic mass is 19.4. The van der Waals surface area contributed by atoms with Crippen molar-refractivity contribution < 1.29 is 33.0 Å². The molecule has 0 saturated heterocycles. The van der Waals surface area contributed by atoms with Crippen molar-refractivity contribution in [1.82, 2.24) is 4.90 Å². The first kappa shape index (κ1) is 26.1. The summed E-state index contributed by atoms with van der Waals surface area (Å²) in [6.45, 7) is 7.40. The third kappa shape index (κ3) is 7.46. The van der Waals surface area contributed by atoms with Gasteiger partial charge in [0, 0.05) is 6.54 Å². The number of hydrogen-bond donors (Lipinski definition) is 2. The Bertz CT molecular complexity index is 981. The van der Waals surface area contributed by atoms with Crippen LogP contribution in [-0.2, 0) is 28.6 Å². The molecular weight excluding hydrogens is 435 g/mol. The molecule has 1 aliphatic rings. The molecule has 3 rings (SSSR count). The highest BCUT2D eigenvalue weighted by Crippen LogP contribution is 2.37. The molecule has 33 heavy (non-hydrogen) atoms. The van der Waals surface area contributed by atoms with Crippen molar-refractivity contribution in [3.8, 4) is 0 Å². The maximum atomic E-state index is 12.8. The number of carboxylic acid groups (broad SMARTS) is 2. The molecule has 2 aromatic rings. The van der Waals surface area contributed by atoms with Gasteiger partial charge in [0.15, 0.2) is 0 Å². The minimum Gasteiger partial charge on any atom is -0.473 e. The predicted octanol–water partition coefficient (Wildman–Crippen LogP) is 5.15. The van der Waals surface area contributed by atoms with Gasteiger partial charge in [-0.05, 0) is 66.7 Å². The van der Waals surface area contributed by atoms with Crippen molar-refractivity contribution in [3.63, 3.8) is 0 Å². The Labute approximate surface area is 191 Å². The van der Waals surface area contributed by atoms with Crippen LogP contribution >= 0.6 is 0 Å². The molecule has 8 heteroatoms. The van der Waals surface area contributed by atoms with Crippen LogP contribution in [0, 0.1) is 0 Å². The number of hydrogen-bond acceptors (Lipinski definition) is 3. The summed E-state index contributed by atoms with van der Waals surface area (Å²) in [7, 11) is 0. The molecule has 2 aromatic carbocycles. The summed E-state index contributed by atoms with van der Waals surface area (Å²) in [4.78, 5) is 20.6. The quantitative estimate of drug-likeness (QED) is 0.556. The lowest BCUT2D eigenvalue weighted by molar-refractivity contribution is -0.159. The minimum atomic E-state index is -4.28. The zero-order chi connectivity index (χ0) is 24.6. The molecule has 0 radical (unpaired) electrons. The molecule has 5 nitrogen and oxygen atoms in total. The van der Waals surface area contributed by atoms with E-state index in [-0.39, 0.29) is 0 Å². The van der Waals surface area contributed by atoms with Crippen LogP contribution in [0.4, 0.5) is 13.2 Å². The third-order valence-electron chi connectivity index (χ3n) is 5.63. The average Bonchev–Trinajstić information content (AvgIpc) is 3.11. The zero-order valence-corrected chi connectivity index (χ0v) is 18.7. The highest BCUT2D eigenvalue weighted by molar-refractivity contribution is 6.27. The monoisotopic (exact) mass is 463 g/mol. The van der Waals surface area contributed by atoms with E-state index in [1.165, 1.54) is 34.4 Å². The smallest absolute Gasteiger partial charge is 0.416 e. The molecule has 2 N–H and O–H groups in total. The van der Waals surface area contributed by atoms with Gasteiger partial charge in [0.05, 0.1) is 5.56 Å². The lowest BCUT2D eigenvalue weighted by atomic mass is 9.97. The normalized spacial score (nSPS) is 12.9. The van der Waals surface area contributed by atoms with Crippen molar-refractivity contribution in [2.24, 2.45) is 0 Å². The Balaban J connectivity index is 0.000000569. The largest absolute Gasteiger partial charge is 0.473 e. The number of alkyl halides is 3. The van der Waals surface area contributed by atoms with Crippen LogP contribution < -0.4 is 0 Å². The summed E-state index contributed by atoms with van der Waals surface area (Å²) < 4.78 is 38.4. The molecule has 0 aliphatic heterocycles. The fourth-order valence-corrected chi connectivity index (χ4v) is 3.84. The molecule has 0 heterocycles. The van der Waals surface area contributed by atoms with Crippen LogP contribution in [0.5, 0.6) is 0 Å². The molecule has 1 aliphatic carbocycles. The Morgan fingerprint density at radius 2 is 1.52 bits per heavy atom. The maximum Gasteiger partial charge on any atom is 0.416 e. The summed E-state index contributed by atoms with van der Waals surface area (Å²) >= 11 is 0. The second-order valence-corrected chi connectivity index (χ2v) is 7.67. The van der Waals surface area contributed by atoms with E-state index in [0.717, 1.165) is 38.0 Å². The van der Waals surface area contributed by atoms with Crippen LogP contribution in [0.1, 0.15) is 42.5 Å². The standard InChI is InChI=1S/C23H26F3N.C2H2O4/c1-3-27(4-2)14-13-22-19(16-18-7-5-6-8-21(18)22)15-17-9-11-20(12-10-17)23(24,25)26;3-1(4)2(5)6/h5-12H,3-4,13-16H2,1-2H3;(H,3,4)(H,5,6). The minimum absolute atomic E-state index is 0.586. The van der Waals surface area contributed by atoms with Crippen molar-refractivity contribution in [1.29, 1.82) is 0 Å². The van der Waals surface area contributed by atoms with Gasteiger partial charge in [0.2, 0.25) is 0 Å². The van der Waals surface area contributed by atoms with Gasteiger partial charge in [-0.25, -0.2) is 9.59 Å². The molecule has 0 spiro atoms. The number of aliphatic carboxylic acids is 2. The van der Waals surface area contributed by atoms with E-state index < -0.39 is 23.7 Å². The van der Waals surface area contributed by atoms with Gasteiger partial charge >= 0.3 is 18.1 Å². The fourth-order valence-electron chi connectivity index (χ4n) is 3.84. The summed E-state index contributed by atoms with van der Waals surface area (Å²) in [5.74, 6) is -3.65. The molecule has 0 aromatic heterocycles. The summed E-state index contributed by atoms with van der Waals surface area (Å²) in [5, 5.41) is 14.8. The van der Waals surface area contributed by atoms with Gasteiger partial charge < -0.3 is 15.1 Å². The summed E-state index contributed by atoms with van der Waals surface area (Å²) in [6, 6.07) is 14.1. The SMILES string of the molecule is CCN(CC)CCC1=C(Cc2ccc(C(F)(F)F)cc2)Cc2ccccc21.O=C(O)C(=O)O. The number of carboxylic acids is 2. The van der Waals surface area contributed by atoms with E-state index in [4.69, 9.17) is 19.8 Å². The molecule has 0 saturated carbocycles. The van der Waals surface area contributed by atoms with Crippen LogP contribution in [0.25, 0.3) is 5.57 Å². The van der Waals surface area contributed by atoms with E-state index in [2.05, 4.69) is 43.0 Å². The van der Waals surface area contributed by atoms with Gasteiger partial charge in [-0.3, -0.25) is 0 Å². The molecule has 0 amide bonds. The first-order valence-corrected chi connectivity index (χ1v) is 10.7. The molecule has 0 unspecified atom stereocenters. The Morgan fingerprint density at radius 3 is 2.03 bits per heavy atom. The van der Waals surface area contributed by atoms with Crippen LogP contribution in [0.2, 0.25) is 0 Å². The van der Waals surface area contributed by atoms with Crippen molar-refractivity contribution >= 4 is 17.5 Å². The van der Waals surface area contributed by atoms with Gasteiger partial charge in [0.25, 0.3) is 0 Å². The van der Waals surface area contributed by atoms with Crippen molar-refractivity contribution in [3.05, 3.63) is 76.4 Å². The topological polar surface area (TPSA) is 77.8 Å². The van der Waals surface area contributed by atoms with Crippen molar-refractivity contribution in [2.75, 3.05) is 19.6 Å². The van der Waals surface area contributed by atoms with Crippen LogP contribution in [-0.4, -0.2) is 46.7 Å². The van der Waals surface area contributed by atoms with Crippen LogP contribution in [0.3, 0.4) is 0 Å². The van der Waals surface area contributed by atoms with E-state index >= 15 is 0 Å². The van der Waals surface area contributed by atoms with Crippen LogP contribution in [0.15, 0.2) is 54.1 Å². The van der Waals surface area contributed by atoms with Gasteiger partial charge in [0.1, 0.15) is 0 Å². The summed E-state index contributed by atoms with van der Waals surface area (Å²) in [5.41, 5.74) is 5.70. The van der Waals surface area contributed by atoms with E-state index in [1.807, 2.05) is 0 Å². The molecule has 0 atom stereocenters. The van der Waals surface area contributed by atoms with Gasteiger partial charge in [-0.1, -0.05) is 55.8 Å². The zero-order valence-electron chi connectivity index (χ0n) is 18.7. The first-order chi connectivity index (χ1) is 15.6. The van der Waals surface area contributed by atoms with Gasteiger partial charge in [-0.15, -0.1) is 0 Å². The number of halogens is 3. The van der Waals surface area contributed by atoms with E-state index in [0.29, 0.717) is 6.42 Å². The average molecular weight is 463 g/mol. The number of rotatable bonds is 7. The number of benzene rings is 2. The molecule has 0 bridgehead atoms. The first-order valence-electron chi connectivity index (χ1n) is 10.7. The number of allylic oxidation sites excluding steroid dienone is 1. The maximum absolute atomic E-state index is 12.8. The van der Waals surface area contributed by atoms with Gasteiger partial charge in [-0.2, -0.15) is 13.2 Å². The Hall–Kier alpha value is -3.13. The Kier molecular flexibility index (Phi) is 9.22. The van der Waals surface area contributed by atoms with E-state index in [1.54, 1.807) is 12.1 Å². The van der Waals surface area contributed by atoms with Crippen molar-refractivity contribution in [2.45, 2.75) is 39.3 Å². The second kappa shape index (κ2) is 11.7.